The summed E-state index contributed by atoms with van der Waals surface area (Å²) < 4.78 is 13.4. The molecule has 3 heteroatoms. The van der Waals surface area contributed by atoms with E-state index in [-0.39, 0.29) is 17.5 Å². The lowest BCUT2D eigenvalue weighted by Crippen LogP contribution is -1.94. The number of halogens is 1. The average Bonchev–Trinajstić information content (AvgIpc) is 2.02. The molecule has 0 radical (unpaired) electrons. The molecule has 0 saturated heterocycles. The van der Waals surface area contributed by atoms with Gasteiger partial charge in [-0.25, -0.2) is 4.39 Å². The smallest absolute Gasteiger partial charge is 0.131 e. The minimum Gasteiger partial charge on any atom is -0.508 e. The Bertz CT molecular complexity index is 287. The molecule has 1 N–H and O–H groups in total. The van der Waals surface area contributed by atoms with Gasteiger partial charge in [0.1, 0.15) is 11.6 Å². The first-order chi connectivity index (χ1) is 6.06. The van der Waals surface area contributed by atoms with Crippen LogP contribution in [0.1, 0.15) is 25.3 Å². The number of rotatable bonds is 2. The molecule has 0 bridgehead atoms. The molecule has 0 saturated carbocycles. The molecule has 1 aromatic rings. The highest BCUT2D eigenvalue weighted by molar-refractivity contribution is 7.98. The summed E-state index contributed by atoms with van der Waals surface area (Å²) >= 11 is 1.42. The molecule has 0 spiro atoms. The molecule has 0 fully saturated rings. The van der Waals surface area contributed by atoms with Crippen LogP contribution in [-0.2, 0) is 0 Å². The van der Waals surface area contributed by atoms with E-state index in [1.165, 1.54) is 17.8 Å². The summed E-state index contributed by atoms with van der Waals surface area (Å²) in [5.41, 5.74) is 0.401. The van der Waals surface area contributed by atoms with E-state index >= 15 is 0 Å². The maximum atomic E-state index is 13.4. The average molecular weight is 200 g/mol. The van der Waals surface area contributed by atoms with Crippen molar-refractivity contribution in [2.75, 3.05) is 6.26 Å². The van der Waals surface area contributed by atoms with Gasteiger partial charge in [0, 0.05) is 10.5 Å². The van der Waals surface area contributed by atoms with E-state index in [0.29, 0.717) is 5.56 Å². The maximum absolute atomic E-state index is 13.4. The van der Waals surface area contributed by atoms with Crippen LogP contribution in [-0.4, -0.2) is 11.4 Å². The third kappa shape index (κ3) is 2.15. The summed E-state index contributed by atoms with van der Waals surface area (Å²) in [7, 11) is 0. The minimum absolute atomic E-state index is 0.0101. The van der Waals surface area contributed by atoms with Gasteiger partial charge in [-0.3, -0.25) is 0 Å². The van der Waals surface area contributed by atoms with Crippen LogP contribution in [0.15, 0.2) is 17.0 Å². The van der Waals surface area contributed by atoms with Crippen molar-refractivity contribution >= 4 is 11.8 Å². The molecule has 1 nitrogen and oxygen atoms in total. The van der Waals surface area contributed by atoms with Crippen molar-refractivity contribution < 1.29 is 9.50 Å². The Hall–Kier alpha value is -0.700. The van der Waals surface area contributed by atoms with Crippen LogP contribution in [0.3, 0.4) is 0 Å². The van der Waals surface area contributed by atoms with Crippen LogP contribution in [0.4, 0.5) is 4.39 Å². The predicted molar refractivity (Wildman–Crippen MR) is 53.9 cm³/mol. The van der Waals surface area contributed by atoms with E-state index in [9.17, 15) is 9.50 Å². The van der Waals surface area contributed by atoms with E-state index in [0.717, 1.165) is 4.90 Å². The molecule has 1 aromatic carbocycles. The molecule has 0 aliphatic rings. The van der Waals surface area contributed by atoms with E-state index in [4.69, 9.17) is 0 Å². The SMILES string of the molecule is CSc1cc(O)c(C(C)C)c(F)c1. The van der Waals surface area contributed by atoms with Crippen molar-refractivity contribution in [3.63, 3.8) is 0 Å². The monoisotopic (exact) mass is 200 g/mol. The number of phenolic OH excluding ortho intramolecular Hbond substituents is 1. The van der Waals surface area contributed by atoms with Gasteiger partial charge in [0.25, 0.3) is 0 Å². The highest BCUT2D eigenvalue weighted by Crippen LogP contribution is 2.32. The molecule has 0 amide bonds. The molecule has 13 heavy (non-hydrogen) atoms. The second-order valence-corrected chi connectivity index (χ2v) is 4.08. The number of aromatic hydroxyl groups is 1. The van der Waals surface area contributed by atoms with Crippen molar-refractivity contribution in [1.82, 2.24) is 0 Å². The van der Waals surface area contributed by atoms with Crippen molar-refractivity contribution in [3.8, 4) is 5.75 Å². The Labute approximate surface area is 82.0 Å². The molecular weight excluding hydrogens is 187 g/mol. The molecular formula is C10H13FOS. The zero-order chi connectivity index (χ0) is 10.0. The van der Waals surface area contributed by atoms with E-state index in [1.807, 2.05) is 20.1 Å². The maximum Gasteiger partial charge on any atom is 0.131 e. The van der Waals surface area contributed by atoms with Gasteiger partial charge in [0.2, 0.25) is 0 Å². The number of benzene rings is 1. The summed E-state index contributed by atoms with van der Waals surface area (Å²) in [6.45, 7) is 3.72. The van der Waals surface area contributed by atoms with Crippen LogP contribution >= 0.6 is 11.8 Å². The van der Waals surface area contributed by atoms with Gasteiger partial charge in [-0.05, 0) is 24.3 Å². The first kappa shape index (κ1) is 10.4. The molecule has 0 heterocycles. The second-order valence-electron chi connectivity index (χ2n) is 3.20. The van der Waals surface area contributed by atoms with Crippen LogP contribution in [0.2, 0.25) is 0 Å². The summed E-state index contributed by atoms with van der Waals surface area (Å²) in [6, 6.07) is 3.06. The Morgan fingerprint density at radius 2 is 2.00 bits per heavy atom. The van der Waals surface area contributed by atoms with Crippen molar-refractivity contribution in [2.24, 2.45) is 0 Å². The zero-order valence-electron chi connectivity index (χ0n) is 7.97. The quantitative estimate of drug-likeness (QED) is 0.738. The fourth-order valence-corrected chi connectivity index (χ4v) is 1.72. The molecule has 0 aliphatic heterocycles. The van der Waals surface area contributed by atoms with Crippen molar-refractivity contribution in [2.45, 2.75) is 24.7 Å². The van der Waals surface area contributed by atoms with Gasteiger partial charge in [-0.2, -0.15) is 0 Å². The lowest BCUT2D eigenvalue weighted by Gasteiger charge is -2.10. The highest BCUT2D eigenvalue weighted by atomic mass is 32.2. The normalized spacial score (nSPS) is 10.8. The zero-order valence-corrected chi connectivity index (χ0v) is 8.78. The lowest BCUT2D eigenvalue weighted by atomic mass is 10.0. The summed E-state index contributed by atoms with van der Waals surface area (Å²) in [5, 5.41) is 9.52. The number of hydrogen-bond acceptors (Lipinski definition) is 2. The summed E-state index contributed by atoms with van der Waals surface area (Å²) in [5.74, 6) is -0.255. The largest absolute Gasteiger partial charge is 0.508 e. The Balaban J connectivity index is 3.23. The van der Waals surface area contributed by atoms with E-state index in [1.54, 1.807) is 6.07 Å². The Morgan fingerprint density at radius 3 is 2.38 bits per heavy atom. The fourth-order valence-electron chi connectivity index (χ4n) is 1.27. The highest BCUT2D eigenvalue weighted by Gasteiger charge is 2.13. The van der Waals surface area contributed by atoms with Crippen LogP contribution in [0.5, 0.6) is 5.75 Å². The first-order valence-electron chi connectivity index (χ1n) is 4.12. The van der Waals surface area contributed by atoms with Crippen LogP contribution in [0, 0.1) is 5.82 Å². The molecule has 1 rings (SSSR count). The molecule has 72 valence electrons. The number of phenols is 1. The third-order valence-electron chi connectivity index (χ3n) is 1.89. The van der Waals surface area contributed by atoms with Crippen LogP contribution < -0.4 is 0 Å². The summed E-state index contributed by atoms with van der Waals surface area (Å²) in [4.78, 5) is 0.749. The molecule has 0 atom stereocenters. The van der Waals surface area contributed by atoms with E-state index in [2.05, 4.69) is 0 Å². The van der Waals surface area contributed by atoms with Gasteiger partial charge < -0.3 is 5.11 Å². The minimum atomic E-state index is -0.320. The van der Waals surface area contributed by atoms with Crippen molar-refractivity contribution in [3.05, 3.63) is 23.5 Å². The Kier molecular flexibility index (Phi) is 3.20. The molecule has 0 aliphatic carbocycles. The van der Waals surface area contributed by atoms with E-state index < -0.39 is 0 Å². The van der Waals surface area contributed by atoms with Gasteiger partial charge in [-0.15, -0.1) is 11.8 Å². The van der Waals surface area contributed by atoms with Gasteiger partial charge in [0.05, 0.1) is 0 Å². The predicted octanol–water partition coefficient (Wildman–Crippen LogP) is 3.38. The summed E-state index contributed by atoms with van der Waals surface area (Å²) in [6.07, 6.45) is 1.85. The number of thioether (sulfide) groups is 1. The molecule has 0 unspecified atom stereocenters. The molecule has 0 aromatic heterocycles. The fraction of sp³-hybridized carbons (Fsp3) is 0.400. The van der Waals surface area contributed by atoms with Gasteiger partial charge >= 0.3 is 0 Å². The van der Waals surface area contributed by atoms with Gasteiger partial charge in [0.15, 0.2) is 0 Å². The second kappa shape index (κ2) is 4.01. The number of hydrogen-bond donors (Lipinski definition) is 1. The topological polar surface area (TPSA) is 20.2 Å². The standard InChI is InChI=1S/C10H13FOS/c1-6(2)10-8(11)4-7(13-3)5-9(10)12/h4-6,12H,1-3H3. The Morgan fingerprint density at radius 1 is 1.38 bits per heavy atom. The third-order valence-corrected chi connectivity index (χ3v) is 2.60. The van der Waals surface area contributed by atoms with Gasteiger partial charge in [-0.1, -0.05) is 13.8 Å². The lowest BCUT2D eigenvalue weighted by molar-refractivity contribution is 0.451. The van der Waals surface area contributed by atoms with Crippen LogP contribution in [0.25, 0.3) is 0 Å². The van der Waals surface area contributed by atoms with Crippen molar-refractivity contribution in [1.29, 1.82) is 0 Å². The first-order valence-corrected chi connectivity index (χ1v) is 5.35.